The quantitative estimate of drug-likeness (QED) is 0.497. The van der Waals surface area contributed by atoms with Crippen molar-refractivity contribution in [3.63, 3.8) is 0 Å². The SMILES string of the molecule is C/C=C/C1CCN(C)C1=O. The van der Waals surface area contributed by atoms with E-state index in [0.29, 0.717) is 0 Å². The number of allylic oxidation sites excluding steroid dienone is 1. The van der Waals surface area contributed by atoms with Gasteiger partial charge in [0.25, 0.3) is 0 Å². The Balaban J connectivity index is 2.57. The van der Waals surface area contributed by atoms with Gasteiger partial charge in [0.1, 0.15) is 0 Å². The second kappa shape index (κ2) is 2.86. The highest BCUT2D eigenvalue weighted by Crippen LogP contribution is 2.16. The lowest BCUT2D eigenvalue weighted by Crippen LogP contribution is -2.21. The van der Waals surface area contributed by atoms with E-state index in [1.165, 1.54) is 0 Å². The maximum absolute atomic E-state index is 11.2. The Morgan fingerprint density at radius 2 is 2.40 bits per heavy atom. The average molecular weight is 139 g/mol. The molecule has 0 aromatic rings. The molecule has 56 valence electrons. The van der Waals surface area contributed by atoms with Crippen LogP contribution in [0, 0.1) is 5.92 Å². The van der Waals surface area contributed by atoms with Gasteiger partial charge in [-0.3, -0.25) is 4.79 Å². The van der Waals surface area contributed by atoms with Crippen LogP contribution in [-0.2, 0) is 4.79 Å². The second-order valence-corrected chi connectivity index (χ2v) is 2.68. The van der Waals surface area contributed by atoms with Crippen molar-refractivity contribution in [2.75, 3.05) is 13.6 Å². The van der Waals surface area contributed by atoms with Crippen LogP contribution in [0.15, 0.2) is 12.2 Å². The van der Waals surface area contributed by atoms with Crippen molar-refractivity contribution in [2.24, 2.45) is 5.92 Å². The largest absolute Gasteiger partial charge is 0.345 e. The first-order valence-electron chi connectivity index (χ1n) is 3.63. The molecule has 1 unspecified atom stereocenters. The van der Waals surface area contributed by atoms with Gasteiger partial charge in [0.2, 0.25) is 5.91 Å². The molecule has 0 N–H and O–H groups in total. The van der Waals surface area contributed by atoms with Gasteiger partial charge in [0.15, 0.2) is 0 Å². The number of likely N-dealkylation sites (tertiary alicyclic amines) is 1. The van der Waals surface area contributed by atoms with E-state index in [0.717, 1.165) is 13.0 Å². The van der Waals surface area contributed by atoms with Gasteiger partial charge in [-0.2, -0.15) is 0 Å². The summed E-state index contributed by atoms with van der Waals surface area (Å²) in [5.41, 5.74) is 0. The first-order valence-corrected chi connectivity index (χ1v) is 3.63. The minimum absolute atomic E-state index is 0.162. The molecule has 1 amide bonds. The minimum Gasteiger partial charge on any atom is -0.345 e. The summed E-state index contributed by atoms with van der Waals surface area (Å²) in [5.74, 6) is 0.424. The summed E-state index contributed by atoms with van der Waals surface area (Å²) in [7, 11) is 1.85. The van der Waals surface area contributed by atoms with E-state index in [1.54, 1.807) is 4.90 Å². The van der Waals surface area contributed by atoms with Crippen LogP contribution >= 0.6 is 0 Å². The summed E-state index contributed by atoms with van der Waals surface area (Å²) in [6, 6.07) is 0. The van der Waals surface area contributed by atoms with Crippen molar-refractivity contribution in [1.29, 1.82) is 0 Å². The smallest absolute Gasteiger partial charge is 0.229 e. The molecule has 0 saturated carbocycles. The van der Waals surface area contributed by atoms with Crippen molar-refractivity contribution in [1.82, 2.24) is 4.90 Å². The van der Waals surface area contributed by atoms with Gasteiger partial charge in [-0.25, -0.2) is 0 Å². The molecular formula is C8H13NO. The lowest BCUT2D eigenvalue weighted by molar-refractivity contribution is -0.128. The Kier molecular flexibility index (Phi) is 2.10. The standard InChI is InChI=1S/C8H13NO/c1-3-4-7-5-6-9(2)8(7)10/h3-4,7H,5-6H2,1-2H3/b4-3+. The normalized spacial score (nSPS) is 26.8. The molecule has 1 heterocycles. The van der Waals surface area contributed by atoms with E-state index in [9.17, 15) is 4.79 Å². The summed E-state index contributed by atoms with van der Waals surface area (Å²) in [6.07, 6.45) is 4.91. The van der Waals surface area contributed by atoms with E-state index in [1.807, 2.05) is 26.1 Å². The molecule has 2 heteroatoms. The number of hydrogen-bond donors (Lipinski definition) is 0. The highest BCUT2D eigenvalue weighted by atomic mass is 16.2. The summed E-state index contributed by atoms with van der Waals surface area (Å²) < 4.78 is 0. The summed E-state index contributed by atoms with van der Waals surface area (Å²) in [6.45, 7) is 2.86. The Morgan fingerprint density at radius 1 is 1.70 bits per heavy atom. The van der Waals surface area contributed by atoms with Crippen LogP contribution in [0.25, 0.3) is 0 Å². The summed E-state index contributed by atoms with van der Waals surface area (Å²) >= 11 is 0. The monoisotopic (exact) mass is 139 g/mol. The van der Waals surface area contributed by atoms with E-state index in [2.05, 4.69) is 0 Å². The summed E-state index contributed by atoms with van der Waals surface area (Å²) in [5, 5.41) is 0. The number of carbonyl (C=O) groups is 1. The predicted octanol–water partition coefficient (Wildman–Crippen LogP) is 1.04. The zero-order valence-electron chi connectivity index (χ0n) is 6.50. The number of nitrogens with zero attached hydrogens (tertiary/aromatic N) is 1. The lowest BCUT2D eigenvalue weighted by Gasteiger charge is -2.06. The zero-order valence-corrected chi connectivity index (χ0v) is 6.50. The van der Waals surface area contributed by atoms with Gasteiger partial charge in [-0.15, -0.1) is 0 Å². The van der Waals surface area contributed by atoms with Gasteiger partial charge in [0, 0.05) is 13.6 Å². The highest BCUT2D eigenvalue weighted by molar-refractivity contribution is 5.82. The number of carbonyl (C=O) groups excluding carboxylic acids is 1. The van der Waals surface area contributed by atoms with E-state index < -0.39 is 0 Å². The second-order valence-electron chi connectivity index (χ2n) is 2.68. The molecule has 1 saturated heterocycles. The third-order valence-electron chi connectivity index (χ3n) is 1.89. The van der Waals surface area contributed by atoms with Crippen molar-refractivity contribution in [3.8, 4) is 0 Å². The topological polar surface area (TPSA) is 20.3 Å². The fourth-order valence-corrected chi connectivity index (χ4v) is 1.26. The maximum Gasteiger partial charge on any atom is 0.229 e. The molecule has 0 spiro atoms. The van der Waals surface area contributed by atoms with Gasteiger partial charge >= 0.3 is 0 Å². The van der Waals surface area contributed by atoms with Crippen LogP contribution in [-0.4, -0.2) is 24.4 Å². The summed E-state index contributed by atoms with van der Waals surface area (Å²) in [4.78, 5) is 13.0. The number of amides is 1. The Hall–Kier alpha value is -0.790. The van der Waals surface area contributed by atoms with Gasteiger partial charge in [0.05, 0.1) is 5.92 Å². The molecule has 0 bridgehead atoms. The van der Waals surface area contributed by atoms with Crippen molar-refractivity contribution in [2.45, 2.75) is 13.3 Å². The number of rotatable bonds is 1. The first-order chi connectivity index (χ1) is 4.75. The highest BCUT2D eigenvalue weighted by Gasteiger charge is 2.25. The molecule has 1 aliphatic heterocycles. The van der Waals surface area contributed by atoms with Crippen LogP contribution in [0.5, 0.6) is 0 Å². The van der Waals surface area contributed by atoms with Crippen LogP contribution < -0.4 is 0 Å². The molecule has 1 aliphatic rings. The van der Waals surface area contributed by atoms with Gasteiger partial charge in [-0.05, 0) is 13.3 Å². The molecule has 1 fully saturated rings. The molecule has 1 atom stereocenters. The van der Waals surface area contributed by atoms with Crippen LogP contribution in [0.4, 0.5) is 0 Å². The third-order valence-corrected chi connectivity index (χ3v) is 1.89. The molecule has 1 rings (SSSR count). The molecule has 0 aliphatic carbocycles. The van der Waals surface area contributed by atoms with E-state index >= 15 is 0 Å². The molecular weight excluding hydrogens is 126 g/mol. The first kappa shape index (κ1) is 7.32. The van der Waals surface area contributed by atoms with Crippen LogP contribution in [0.2, 0.25) is 0 Å². The Morgan fingerprint density at radius 3 is 2.80 bits per heavy atom. The van der Waals surface area contributed by atoms with Crippen LogP contribution in [0.3, 0.4) is 0 Å². The van der Waals surface area contributed by atoms with E-state index in [-0.39, 0.29) is 11.8 Å². The minimum atomic E-state index is 0.162. The predicted molar refractivity (Wildman–Crippen MR) is 40.6 cm³/mol. The third kappa shape index (κ3) is 1.20. The Bertz CT molecular complexity index is 163. The average Bonchev–Trinajstić information content (AvgIpc) is 2.20. The molecule has 2 nitrogen and oxygen atoms in total. The zero-order chi connectivity index (χ0) is 7.56. The fourth-order valence-electron chi connectivity index (χ4n) is 1.26. The molecule has 0 aromatic heterocycles. The lowest BCUT2D eigenvalue weighted by atomic mass is 10.1. The molecule has 10 heavy (non-hydrogen) atoms. The van der Waals surface area contributed by atoms with Crippen molar-refractivity contribution < 1.29 is 4.79 Å². The Labute approximate surface area is 61.5 Å². The van der Waals surface area contributed by atoms with Crippen molar-refractivity contribution in [3.05, 3.63) is 12.2 Å². The molecule has 0 radical (unpaired) electrons. The molecule has 0 aromatic carbocycles. The van der Waals surface area contributed by atoms with E-state index in [4.69, 9.17) is 0 Å². The van der Waals surface area contributed by atoms with Crippen LogP contribution in [0.1, 0.15) is 13.3 Å². The number of hydrogen-bond acceptors (Lipinski definition) is 1. The van der Waals surface area contributed by atoms with Crippen molar-refractivity contribution >= 4 is 5.91 Å². The van der Waals surface area contributed by atoms with Gasteiger partial charge < -0.3 is 4.90 Å². The van der Waals surface area contributed by atoms with Gasteiger partial charge in [-0.1, -0.05) is 12.2 Å². The fraction of sp³-hybridized carbons (Fsp3) is 0.625. The maximum atomic E-state index is 11.2.